The SMILES string of the molecule is O=C(NC1CCCC1Br)c1ccccc1I. The first-order valence-electron chi connectivity index (χ1n) is 5.38. The van der Waals surface area contributed by atoms with Gasteiger partial charge in [0.25, 0.3) is 5.91 Å². The van der Waals surface area contributed by atoms with Crippen molar-refractivity contribution >= 4 is 44.4 Å². The Bertz CT molecular complexity index is 396. The molecular weight excluding hydrogens is 381 g/mol. The maximum Gasteiger partial charge on any atom is 0.252 e. The number of hydrogen-bond donors (Lipinski definition) is 1. The van der Waals surface area contributed by atoms with Crippen molar-refractivity contribution in [2.45, 2.75) is 30.1 Å². The highest BCUT2D eigenvalue weighted by Crippen LogP contribution is 2.26. The van der Waals surface area contributed by atoms with Gasteiger partial charge in [-0.1, -0.05) is 34.5 Å². The van der Waals surface area contributed by atoms with Crippen molar-refractivity contribution in [1.29, 1.82) is 0 Å². The lowest BCUT2D eigenvalue weighted by atomic mass is 10.2. The summed E-state index contributed by atoms with van der Waals surface area (Å²) in [4.78, 5) is 12.5. The molecule has 1 amide bonds. The topological polar surface area (TPSA) is 29.1 Å². The van der Waals surface area contributed by atoms with Crippen LogP contribution in [-0.2, 0) is 0 Å². The first-order chi connectivity index (χ1) is 7.68. The Balaban J connectivity index is 2.06. The highest BCUT2D eigenvalue weighted by atomic mass is 127. The molecule has 0 aliphatic heterocycles. The van der Waals surface area contributed by atoms with E-state index in [1.165, 1.54) is 6.42 Å². The van der Waals surface area contributed by atoms with Gasteiger partial charge in [-0.05, 0) is 47.6 Å². The summed E-state index contributed by atoms with van der Waals surface area (Å²) in [6, 6.07) is 7.95. The molecule has 1 aromatic rings. The van der Waals surface area contributed by atoms with Crippen LogP contribution in [0.3, 0.4) is 0 Å². The van der Waals surface area contributed by atoms with Gasteiger partial charge in [-0.15, -0.1) is 0 Å². The molecule has 0 aromatic heterocycles. The molecule has 1 saturated carbocycles. The van der Waals surface area contributed by atoms with E-state index in [9.17, 15) is 4.79 Å². The van der Waals surface area contributed by atoms with E-state index >= 15 is 0 Å². The second-order valence-electron chi connectivity index (χ2n) is 4.01. The van der Waals surface area contributed by atoms with E-state index in [0.717, 1.165) is 22.0 Å². The number of amides is 1. The minimum atomic E-state index is 0.0429. The van der Waals surface area contributed by atoms with E-state index in [2.05, 4.69) is 43.8 Å². The number of hydrogen-bond acceptors (Lipinski definition) is 1. The third-order valence-electron chi connectivity index (χ3n) is 2.87. The average molecular weight is 394 g/mol. The van der Waals surface area contributed by atoms with Gasteiger partial charge in [0.05, 0.1) is 5.56 Å². The monoisotopic (exact) mass is 393 g/mol. The maximum atomic E-state index is 12.0. The third-order valence-corrected chi connectivity index (χ3v) is 4.90. The van der Waals surface area contributed by atoms with Gasteiger partial charge in [0.15, 0.2) is 0 Å². The number of nitrogens with one attached hydrogen (secondary N) is 1. The molecular formula is C12H13BrINO. The van der Waals surface area contributed by atoms with Crippen molar-refractivity contribution in [3.63, 3.8) is 0 Å². The summed E-state index contributed by atoms with van der Waals surface area (Å²) in [6.07, 6.45) is 3.41. The minimum absolute atomic E-state index is 0.0429. The lowest BCUT2D eigenvalue weighted by Gasteiger charge is -2.16. The molecule has 1 aliphatic rings. The van der Waals surface area contributed by atoms with Crippen LogP contribution in [0.15, 0.2) is 24.3 Å². The molecule has 2 nitrogen and oxygen atoms in total. The summed E-state index contributed by atoms with van der Waals surface area (Å²) in [5.41, 5.74) is 0.773. The standard InChI is InChI=1S/C12H13BrINO/c13-9-5-3-7-11(9)15-12(16)8-4-1-2-6-10(8)14/h1-2,4,6,9,11H,3,5,7H2,(H,15,16). The van der Waals surface area contributed by atoms with Crippen molar-refractivity contribution in [2.75, 3.05) is 0 Å². The van der Waals surface area contributed by atoms with Crippen LogP contribution in [-0.4, -0.2) is 16.8 Å². The number of benzene rings is 1. The molecule has 16 heavy (non-hydrogen) atoms. The van der Waals surface area contributed by atoms with Gasteiger partial charge < -0.3 is 5.32 Å². The summed E-state index contributed by atoms with van der Waals surface area (Å²) < 4.78 is 1.00. The zero-order valence-corrected chi connectivity index (χ0v) is 12.5. The second kappa shape index (κ2) is 5.49. The van der Waals surface area contributed by atoms with E-state index in [1.54, 1.807) is 0 Å². The predicted octanol–water partition coefficient (Wildman–Crippen LogP) is 3.34. The van der Waals surface area contributed by atoms with Crippen molar-refractivity contribution < 1.29 is 4.79 Å². The Labute approximate surface area is 117 Å². The van der Waals surface area contributed by atoms with E-state index in [4.69, 9.17) is 0 Å². The summed E-state index contributed by atoms with van der Waals surface area (Å²) in [7, 11) is 0. The highest BCUT2D eigenvalue weighted by molar-refractivity contribution is 14.1. The van der Waals surface area contributed by atoms with Crippen molar-refractivity contribution in [1.82, 2.24) is 5.32 Å². The molecule has 0 heterocycles. The molecule has 1 N–H and O–H groups in total. The summed E-state index contributed by atoms with van der Waals surface area (Å²) in [6.45, 7) is 0. The van der Waals surface area contributed by atoms with Crippen LogP contribution >= 0.6 is 38.5 Å². The summed E-state index contributed by atoms with van der Waals surface area (Å²) in [5.74, 6) is 0.0429. The molecule has 0 spiro atoms. The Morgan fingerprint density at radius 2 is 2.12 bits per heavy atom. The number of alkyl halides is 1. The van der Waals surface area contributed by atoms with E-state index < -0.39 is 0 Å². The number of rotatable bonds is 2. The van der Waals surface area contributed by atoms with Gasteiger partial charge in [0, 0.05) is 14.4 Å². The zero-order valence-electron chi connectivity index (χ0n) is 8.75. The zero-order chi connectivity index (χ0) is 11.5. The number of carbonyl (C=O) groups excluding carboxylic acids is 1. The molecule has 1 aromatic carbocycles. The predicted molar refractivity (Wildman–Crippen MR) is 77.0 cm³/mol. The molecule has 0 radical (unpaired) electrons. The lowest BCUT2D eigenvalue weighted by molar-refractivity contribution is 0.0938. The normalized spacial score (nSPS) is 24.4. The molecule has 2 rings (SSSR count). The molecule has 1 aliphatic carbocycles. The van der Waals surface area contributed by atoms with Gasteiger partial charge in [0.1, 0.15) is 0 Å². The molecule has 0 bridgehead atoms. The van der Waals surface area contributed by atoms with Crippen molar-refractivity contribution in [2.24, 2.45) is 0 Å². The van der Waals surface area contributed by atoms with E-state index in [-0.39, 0.29) is 11.9 Å². The van der Waals surface area contributed by atoms with Crippen molar-refractivity contribution in [3.05, 3.63) is 33.4 Å². The third kappa shape index (κ3) is 2.77. The average Bonchev–Trinajstić information content (AvgIpc) is 2.65. The smallest absolute Gasteiger partial charge is 0.252 e. The fourth-order valence-corrected chi connectivity index (χ4v) is 3.32. The quantitative estimate of drug-likeness (QED) is 0.606. The largest absolute Gasteiger partial charge is 0.348 e. The Morgan fingerprint density at radius 1 is 1.38 bits per heavy atom. The Kier molecular flexibility index (Phi) is 4.24. The van der Waals surface area contributed by atoms with Crippen LogP contribution in [0.1, 0.15) is 29.6 Å². The minimum Gasteiger partial charge on any atom is -0.348 e. The molecule has 2 unspecified atom stereocenters. The van der Waals surface area contributed by atoms with Gasteiger partial charge in [-0.25, -0.2) is 0 Å². The maximum absolute atomic E-state index is 12.0. The van der Waals surface area contributed by atoms with Gasteiger partial charge in [-0.3, -0.25) is 4.79 Å². The van der Waals surface area contributed by atoms with Crippen LogP contribution in [0.2, 0.25) is 0 Å². The van der Waals surface area contributed by atoms with Crippen LogP contribution in [0.4, 0.5) is 0 Å². The molecule has 2 atom stereocenters. The van der Waals surface area contributed by atoms with Gasteiger partial charge in [-0.2, -0.15) is 0 Å². The first-order valence-corrected chi connectivity index (χ1v) is 7.37. The molecule has 86 valence electrons. The van der Waals surface area contributed by atoms with Crippen LogP contribution in [0, 0.1) is 3.57 Å². The molecule has 4 heteroatoms. The second-order valence-corrected chi connectivity index (χ2v) is 6.35. The molecule has 0 saturated heterocycles. The highest BCUT2D eigenvalue weighted by Gasteiger charge is 2.26. The van der Waals surface area contributed by atoms with E-state index in [0.29, 0.717) is 4.83 Å². The fraction of sp³-hybridized carbons (Fsp3) is 0.417. The van der Waals surface area contributed by atoms with Crippen LogP contribution < -0.4 is 5.32 Å². The molecule has 1 fully saturated rings. The van der Waals surface area contributed by atoms with E-state index in [1.807, 2.05) is 24.3 Å². The summed E-state index contributed by atoms with van der Waals surface area (Å²) in [5, 5.41) is 3.10. The Hall–Kier alpha value is -0.100. The fourth-order valence-electron chi connectivity index (χ4n) is 1.97. The lowest BCUT2D eigenvalue weighted by Crippen LogP contribution is -2.37. The van der Waals surface area contributed by atoms with Gasteiger partial charge >= 0.3 is 0 Å². The summed E-state index contributed by atoms with van der Waals surface area (Å²) >= 11 is 5.80. The Morgan fingerprint density at radius 3 is 2.75 bits per heavy atom. The first kappa shape index (κ1) is 12.4. The number of carbonyl (C=O) groups is 1. The number of halogens is 2. The van der Waals surface area contributed by atoms with Crippen LogP contribution in [0.5, 0.6) is 0 Å². The van der Waals surface area contributed by atoms with Crippen molar-refractivity contribution in [3.8, 4) is 0 Å². The van der Waals surface area contributed by atoms with Gasteiger partial charge in [0.2, 0.25) is 0 Å². The van der Waals surface area contributed by atoms with Crippen LogP contribution in [0.25, 0.3) is 0 Å².